The summed E-state index contributed by atoms with van der Waals surface area (Å²) < 4.78 is 5.36. The summed E-state index contributed by atoms with van der Waals surface area (Å²) in [4.78, 5) is 11.9. The number of nitrogens with one attached hydrogen (secondary N) is 1. The van der Waals surface area contributed by atoms with Crippen molar-refractivity contribution in [2.45, 2.75) is 46.1 Å². The lowest BCUT2D eigenvalue weighted by atomic mass is 10.1. The molecule has 0 fully saturated rings. The van der Waals surface area contributed by atoms with Crippen LogP contribution in [-0.4, -0.2) is 24.7 Å². The molecule has 3 heteroatoms. The van der Waals surface area contributed by atoms with E-state index in [9.17, 15) is 4.79 Å². The van der Waals surface area contributed by atoms with Crippen molar-refractivity contribution in [3.05, 3.63) is 35.4 Å². The number of ether oxygens (including phenoxy) is 1. The van der Waals surface area contributed by atoms with Gasteiger partial charge in [0, 0.05) is 5.54 Å². The third kappa shape index (κ3) is 5.88. The second-order valence-corrected chi connectivity index (χ2v) is 5.61. The van der Waals surface area contributed by atoms with E-state index in [1.807, 2.05) is 32.9 Å². The minimum Gasteiger partial charge on any atom is -0.460 e. The molecule has 0 heterocycles. The number of hydrogen-bond donors (Lipinski definition) is 1. The summed E-state index contributed by atoms with van der Waals surface area (Å²) in [5, 5.41) is 3.40. The number of aryl methyl sites for hydroxylation is 1. The molecule has 0 bridgehead atoms. The van der Waals surface area contributed by atoms with Gasteiger partial charge in [0.05, 0.1) is 5.56 Å². The van der Waals surface area contributed by atoms with Gasteiger partial charge in [-0.15, -0.1) is 0 Å². The van der Waals surface area contributed by atoms with Gasteiger partial charge in [0.25, 0.3) is 0 Å². The molecule has 1 aromatic carbocycles. The number of carbonyl (C=O) groups is 1. The summed E-state index contributed by atoms with van der Waals surface area (Å²) in [6.45, 7) is 9.58. The second kappa shape index (κ2) is 7.29. The van der Waals surface area contributed by atoms with Crippen LogP contribution in [0.1, 0.15) is 49.5 Å². The molecule has 0 saturated heterocycles. The Kier molecular flexibility index (Phi) is 6.03. The molecule has 0 amide bonds. The Morgan fingerprint density at radius 1 is 1.26 bits per heavy atom. The summed E-state index contributed by atoms with van der Waals surface area (Å²) in [6, 6.07) is 7.44. The van der Waals surface area contributed by atoms with Crippen molar-refractivity contribution < 1.29 is 9.53 Å². The standard InChI is InChI=1S/C16H25NO2/c1-5-6-11-17-16(3,4)12-19-15(18)14-9-7-13(2)8-10-14/h7-10,17H,5-6,11-12H2,1-4H3. The number of benzene rings is 1. The fourth-order valence-corrected chi connectivity index (χ4v) is 1.67. The zero-order valence-corrected chi connectivity index (χ0v) is 12.5. The molecule has 0 atom stereocenters. The molecule has 1 N–H and O–H groups in total. The number of carbonyl (C=O) groups excluding carboxylic acids is 1. The van der Waals surface area contributed by atoms with Crippen molar-refractivity contribution in [3.8, 4) is 0 Å². The van der Waals surface area contributed by atoms with Gasteiger partial charge in [-0.3, -0.25) is 0 Å². The third-order valence-corrected chi connectivity index (χ3v) is 2.99. The Balaban J connectivity index is 2.42. The van der Waals surface area contributed by atoms with Crippen LogP contribution in [0.25, 0.3) is 0 Å². The molecule has 3 nitrogen and oxygen atoms in total. The number of unbranched alkanes of at least 4 members (excludes halogenated alkanes) is 1. The van der Waals surface area contributed by atoms with Crippen LogP contribution in [0.4, 0.5) is 0 Å². The highest BCUT2D eigenvalue weighted by molar-refractivity contribution is 5.89. The highest BCUT2D eigenvalue weighted by Crippen LogP contribution is 2.08. The first-order valence-electron chi connectivity index (χ1n) is 6.93. The maximum atomic E-state index is 11.9. The molecule has 0 aliphatic rings. The van der Waals surface area contributed by atoms with E-state index in [2.05, 4.69) is 12.2 Å². The molecular formula is C16H25NO2. The lowest BCUT2D eigenvalue weighted by molar-refractivity contribution is 0.0400. The van der Waals surface area contributed by atoms with Crippen molar-refractivity contribution in [2.75, 3.05) is 13.2 Å². The van der Waals surface area contributed by atoms with Gasteiger partial charge in [-0.2, -0.15) is 0 Å². The van der Waals surface area contributed by atoms with Crippen molar-refractivity contribution in [1.29, 1.82) is 0 Å². The number of rotatable bonds is 7. The third-order valence-electron chi connectivity index (χ3n) is 2.99. The van der Waals surface area contributed by atoms with Gasteiger partial charge in [-0.05, 0) is 45.9 Å². The van der Waals surface area contributed by atoms with E-state index in [0.717, 1.165) is 24.9 Å². The largest absolute Gasteiger partial charge is 0.460 e. The van der Waals surface area contributed by atoms with Crippen LogP contribution in [0, 0.1) is 6.92 Å². The molecule has 0 aliphatic heterocycles. The van der Waals surface area contributed by atoms with E-state index < -0.39 is 0 Å². The van der Waals surface area contributed by atoms with Gasteiger partial charge < -0.3 is 10.1 Å². The molecule has 19 heavy (non-hydrogen) atoms. The molecular weight excluding hydrogens is 238 g/mol. The SMILES string of the molecule is CCCCNC(C)(C)COC(=O)c1ccc(C)cc1. The molecule has 0 saturated carbocycles. The van der Waals surface area contributed by atoms with Crippen LogP contribution in [-0.2, 0) is 4.74 Å². The minimum absolute atomic E-state index is 0.185. The maximum absolute atomic E-state index is 11.9. The minimum atomic E-state index is -0.259. The number of esters is 1. The summed E-state index contributed by atoms with van der Waals surface area (Å²) in [7, 11) is 0. The second-order valence-electron chi connectivity index (χ2n) is 5.61. The lowest BCUT2D eigenvalue weighted by Gasteiger charge is -2.25. The molecule has 106 valence electrons. The zero-order valence-electron chi connectivity index (χ0n) is 12.5. The molecule has 0 spiro atoms. The molecule has 0 radical (unpaired) electrons. The van der Waals surface area contributed by atoms with E-state index in [4.69, 9.17) is 4.74 Å². The molecule has 1 aromatic rings. The van der Waals surface area contributed by atoms with Crippen molar-refractivity contribution >= 4 is 5.97 Å². The Morgan fingerprint density at radius 3 is 2.47 bits per heavy atom. The Morgan fingerprint density at radius 2 is 1.89 bits per heavy atom. The first-order chi connectivity index (χ1) is 8.94. The highest BCUT2D eigenvalue weighted by atomic mass is 16.5. The van der Waals surface area contributed by atoms with Crippen molar-refractivity contribution in [2.24, 2.45) is 0 Å². The van der Waals surface area contributed by atoms with E-state index in [1.54, 1.807) is 12.1 Å². The first-order valence-corrected chi connectivity index (χ1v) is 6.93. The van der Waals surface area contributed by atoms with Gasteiger partial charge in [0.2, 0.25) is 0 Å². The van der Waals surface area contributed by atoms with E-state index in [0.29, 0.717) is 12.2 Å². The Labute approximate surface area is 116 Å². The Bertz CT molecular complexity index is 396. The van der Waals surface area contributed by atoms with Crippen LogP contribution in [0.15, 0.2) is 24.3 Å². The highest BCUT2D eigenvalue weighted by Gasteiger charge is 2.19. The fraction of sp³-hybridized carbons (Fsp3) is 0.562. The summed E-state index contributed by atoms with van der Waals surface area (Å²) in [5.74, 6) is -0.259. The number of hydrogen-bond acceptors (Lipinski definition) is 3. The van der Waals surface area contributed by atoms with E-state index >= 15 is 0 Å². The van der Waals surface area contributed by atoms with Crippen LogP contribution < -0.4 is 5.32 Å². The smallest absolute Gasteiger partial charge is 0.338 e. The van der Waals surface area contributed by atoms with Gasteiger partial charge in [0.1, 0.15) is 6.61 Å². The summed E-state index contributed by atoms with van der Waals surface area (Å²) in [6.07, 6.45) is 2.29. The van der Waals surface area contributed by atoms with Crippen LogP contribution in [0.5, 0.6) is 0 Å². The molecule has 1 rings (SSSR count). The summed E-state index contributed by atoms with van der Waals surface area (Å²) >= 11 is 0. The van der Waals surface area contributed by atoms with E-state index in [1.165, 1.54) is 0 Å². The van der Waals surface area contributed by atoms with Gasteiger partial charge in [-0.1, -0.05) is 31.0 Å². The topological polar surface area (TPSA) is 38.3 Å². The lowest BCUT2D eigenvalue weighted by Crippen LogP contribution is -2.44. The predicted octanol–water partition coefficient (Wildman–Crippen LogP) is 3.32. The average molecular weight is 263 g/mol. The average Bonchev–Trinajstić information content (AvgIpc) is 2.37. The summed E-state index contributed by atoms with van der Waals surface area (Å²) in [5.41, 5.74) is 1.56. The van der Waals surface area contributed by atoms with Crippen molar-refractivity contribution in [3.63, 3.8) is 0 Å². The van der Waals surface area contributed by atoms with E-state index in [-0.39, 0.29) is 11.5 Å². The molecule has 0 aliphatic carbocycles. The van der Waals surface area contributed by atoms with Gasteiger partial charge in [-0.25, -0.2) is 4.79 Å². The maximum Gasteiger partial charge on any atom is 0.338 e. The van der Waals surface area contributed by atoms with Gasteiger partial charge in [0.15, 0.2) is 0 Å². The molecule has 0 aromatic heterocycles. The fourth-order valence-electron chi connectivity index (χ4n) is 1.67. The first kappa shape index (κ1) is 15.7. The van der Waals surface area contributed by atoms with Crippen molar-refractivity contribution in [1.82, 2.24) is 5.32 Å². The Hall–Kier alpha value is -1.35. The molecule has 0 unspecified atom stereocenters. The van der Waals surface area contributed by atoms with Crippen LogP contribution >= 0.6 is 0 Å². The van der Waals surface area contributed by atoms with Crippen LogP contribution in [0.3, 0.4) is 0 Å². The van der Waals surface area contributed by atoms with Gasteiger partial charge >= 0.3 is 5.97 Å². The predicted molar refractivity (Wildman–Crippen MR) is 78.5 cm³/mol. The monoisotopic (exact) mass is 263 g/mol. The normalized spacial score (nSPS) is 11.4. The quantitative estimate of drug-likeness (QED) is 0.606. The zero-order chi connectivity index (χ0) is 14.3. The van der Waals surface area contributed by atoms with Crippen LogP contribution in [0.2, 0.25) is 0 Å².